The molecular weight excluding hydrogens is 198 g/mol. The van der Waals surface area contributed by atoms with Crippen LogP contribution in [0.2, 0.25) is 0 Å². The van der Waals surface area contributed by atoms with Crippen molar-refractivity contribution in [2.75, 3.05) is 0 Å². The van der Waals surface area contributed by atoms with Crippen molar-refractivity contribution in [2.24, 2.45) is 4.99 Å². The highest BCUT2D eigenvalue weighted by Gasteiger charge is 2.05. The van der Waals surface area contributed by atoms with E-state index in [1.165, 1.54) is 0 Å². The van der Waals surface area contributed by atoms with E-state index >= 15 is 0 Å². The molecule has 0 aliphatic heterocycles. The molecule has 0 amide bonds. The minimum absolute atomic E-state index is 0.343. The predicted octanol–water partition coefficient (Wildman–Crippen LogP) is 2.25. The molecule has 74 valence electrons. The van der Waals surface area contributed by atoms with Gasteiger partial charge in [0, 0.05) is 5.56 Å². The van der Waals surface area contributed by atoms with Crippen molar-refractivity contribution in [1.82, 2.24) is 0 Å². The summed E-state index contributed by atoms with van der Waals surface area (Å²) in [5, 5.41) is 0. The Kier molecular flexibility index (Phi) is 3.33. The maximum Gasteiger partial charge on any atom is 0.186 e. The minimum atomic E-state index is -1.97. The summed E-state index contributed by atoms with van der Waals surface area (Å²) in [5.41, 5.74) is 2.21. The summed E-state index contributed by atoms with van der Waals surface area (Å²) in [6, 6.07) is 4.96. The molecule has 14 heavy (non-hydrogen) atoms. The summed E-state index contributed by atoms with van der Waals surface area (Å²) in [6.45, 7) is 8.94. The van der Waals surface area contributed by atoms with Gasteiger partial charge >= 0.3 is 0 Å². The standard InChI is InChI=1S/C10H11NO2S/c1-7-4-5-9(14(12)13)6-10(7)8(2)11-3/h4-6H,2-3H2,1H3,(H,12,13). The lowest BCUT2D eigenvalue weighted by molar-refractivity contribution is 0.564. The van der Waals surface area contributed by atoms with Gasteiger partial charge in [0.1, 0.15) is 0 Å². The number of hydrogen-bond donors (Lipinski definition) is 1. The van der Waals surface area contributed by atoms with Crippen LogP contribution in [-0.2, 0) is 11.1 Å². The number of aryl methyl sites for hydroxylation is 1. The summed E-state index contributed by atoms with van der Waals surface area (Å²) in [7, 11) is 0. The highest BCUT2D eigenvalue weighted by atomic mass is 32.2. The molecule has 0 saturated carbocycles. The van der Waals surface area contributed by atoms with Crippen molar-refractivity contribution in [3.05, 3.63) is 35.9 Å². The zero-order valence-electron chi connectivity index (χ0n) is 7.86. The predicted molar refractivity (Wildman–Crippen MR) is 58.8 cm³/mol. The molecule has 1 N–H and O–H groups in total. The van der Waals surface area contributed by atoms with Crippen molar-refractivity contribution in [3.63, 3.8) is 0 Å². The van der Waals surface area contributed by atoms with Gasteiger partial charge in [-0.25, -0.2) is 4.21 Å². The van der Waals surface area contributed by atoms with Gasteiger partial charge < -0.3 is 4.55 Å². The number of nitrogens with zero attached hydrogens (tertiary/aromatic N) is 1. The highest BCUT2D eigenvalue weighted by Crippen LogP contribution is 2.20. The molecule has 1 rings (SSSR count). The van der Waals surface area contributed by atoms with Crippen LogP contribution in [0.1, 0.15) is 11.1 Å². The Morgan fingerprint density at radius 1 is 1.57 bits per heavy atom. The van der Waals surface area contributed by atoms with Crippen LogP contribution in [0.5, 0.6) is 0 Å². The van der Waals surface area contributed by atoms with Crippen molar-refractivity contribution in [2.45, 2.75) is 11.8 Å². The SMILES string of the molecule is C=NC(=C)c1cc(S(=O)O)ccc1C. The number of hydrogen-bond acceptors (Lipinski definition) is 2. The van der Waals surface area contributed by atoms with E-state index in [0.717, 1.165) is 11.1 Å². The Balaban J connectivity index is 3.28. The first-order valence-electron chi connectivity index (χ1n) is 3.93. The molecule has 0 bridgehead atoms. The van der Waals surface area contributed by atoms with Crippen LogP contribution in [-0.4, -0.2) is 15.5 Å². The van der Waals surface area contributed by atoms with Crippen molar-refractivity contribution in [1.29, 1.82) is 0 Å². The van der Waals surface area contributed by atoms with E-state index in [0.29, 0.717) is 10.6 Å². The third kappa shape index (κ3) is 2.16. The van der Waals surface area contributed by atoms with Crippen molar-refractivity contribution >= 4 is 23.5 Å². The van der Waals surface area contributed by atoms with E-state index in [-0.39, 0.29) is 0 Å². The van der Waals surface area contributed by atoms with Gasteiger partial charge in [-0.15, -0.1) is 0 Å². The van der Waals surface area contributed by atoms with E-state index in [9.17, 15) is 4.21 Å². The maximum atomic E-state index is 10.8. The van der Waals surface area contributed by atoms with E-state index in [1.807, 2.05) is 6.92 Å². The second-order valence-corrected chi connectivity index (χ2v) is 3.80. The molecule has 1 unspecified atom stereocenters. The van der Waals surface area contributed by atoms with Gasteiger partial charge in [0.2, 0.25) is 0 Å². The molecule has 0 radical (unpaired) electrons. The Bertz CT molecular complexity index is 413. The quantitative estimate of drug-likeness (QED) is 0.613. The fourth-order valence-electron chi connectivity index (χ4n) is 1.11. The Hall–Kier alpha value is -1.26. The summed E-state index contributed by atoms with van der Waals surface area (Å²) in [6.07, 6.45) is 0. The van der Waals surface area contributed by atoms with Gasteiger partial charge in [0.25, 0.3) is 0 Å². The number of aliphatic imine (C=N–C) groups is 1. The lowest BCUT2D eigenvalue weighted by Gasteiger charge is -2.05. The lowest BCUT2D eigenvalue weighted by atomic mass is 10.1. The fraction of sp³-hybridized carbons (Fsp3) is 0.100. The topological polar surface area (TPSA) is 49.7 Å². The van der Waals surface area contributed by atoms with Gasteiger partial charge in [-0.1, -0.05) is 12.6 Å². The Morgan fingerprint density at radius 3 is 2.71 bits per heavy atom. The lowest BCUT2D eigenvalue weighted by Crippen LogP contribution is -1.92. The summed E-state index contributed by atoms with van der Waals surface area (Å²) in [4.78, 5) is 4.04. The monoisotopic (exact) mass is 209 g/mol. The first kappa shape index (κ1) is 10.8. The first-order valence-corrected chi connectivity index (χ1v) is 5.04. The van der Waals surface area contributed by atoms with E-state index < -0.39 is 11.1 Å². The van der Waals surface area contributed by atoms with E-state index in [2.05, 4.69) is 18.3 Å². The van der Waals surface area contributed by atoms with Gasteiger partial charge in [-0.05, 0) is 31.3 Å². The molecule has 0 spiro atoms. The molecule has 0 aromatic heterocycles. The molecule has 1 aromatic rings. The van der Waals surface area contributed by atoms with Crippen LogP contribution in [0.25, 0.3) is 5.70 Å². The van der Waals surface area contributed by atoms with Gasteiger partial charge in [-0.2, -0.15) is 0 Å². The molecule has 0 heterocycles. The Morgan fingerprint density at radius 2 is 2.21 bits per heavy atom. The van der Waals surface area contributed by atoms with E-state index in [1.54, 1.807) is 18.2 Å². The molecule has 0 aliphatic carbocycles. The number of rotatable bonds is 3. The molecule has 0 saturated heterocycles. The molecule has 1 atom stereocenters. The zero-order chi connectivity index (χ0) is 10.7. The van der Waals surface area contributed by atoms with Crippen LogP contribution in [0.3, 0.4) is 0 Å². The Labute approximate surface area is 85.5 Å². The van der Waals surface area contributed by atoms with Crippen LogP contribution in [0.4, 0.5) is 0 Å². The normalized spacial score (nSPS) is 12.1. The van der Waals surface area contributed by atoms with Crippen molar-refractivity contribution < 1.29 is 8.76 Å². The average Bonchev–Trinajstić information content (AvgIpc) is 2.17. The maximum absolute atomic E-state index is 10.8. The van der Waals surface area contributed by atoms with Crippen LogP contribution >= 0.6 is 0 Å². The van der Waals surface area contributed by atoms with Crippen LogP contribution in [0.15, 0.2) is 34.7 Å². The zero-order valence-corrected chi connectivity index (χ0v) is 8.67. The first-order chi connectivity index (χ1) is 6.56. The van der Waals surface area contributed by atoms with Gasteiger partial charge in [-0.3, -0.25) is 4.99 Å². The van der Waals surface area contributed by atoms with E-state index in [4.69, 9.17) is 4.55 Å². The van der Waals surface area contributed by atoms with Gasteiger partial charge in [0.15, 0.2) is 11.1 Å². The molecule has 1 aromatic carbocycles. The molecular formula is C10H11NO2S. The average molecular weight is 209 g/mol. The number of benzene rings is 1. The highest BCUT2D eigenvalue weighted by molar-refractivity contribution is 7.79. The fourth-order valence-corrected chi connectivity index (χ4v) is 1.51. The molecule has 0 fully saturated rings. The summed E-state index contributed by atoms with van der Waals surface area (Å²) < 4.78 is 19.7. The van der Waals surface area contributed by atoms with Gasteiger partial charge in [0.05, 0.1) is 10.6 Å². The second kappa shape index (κ2) is 4.30. The summed E-state index contributed by atoms with van der Waals surface area (Å²) in [5.74, 6) is 0. The molecule has 4 heteroatoms. The molecule has 3 nitrogen and oxygen atoms in total. The molecule has 0 aliphatic rings. The summed E-state index contributed by atoms with van der Waals surface area (Å²) >= 11 is -1.97. The minimum Gasteiger partial charge on any atom is -0.302 e. The van der Waals surface area contributed by atoms with Crippen molar-refractivity contribution in [3.8, 4) is 0 Å². The van der Waals surface area contributed by atoms with Crippen LogP contribution < -0.4 is 0 Å². The third-order valence-corrected chi connectivity index (χ3v) is 2.57. The second-order valence-electron chi connectivity index (χ2n) is 2.83. The smallest absolute Gasteiger partial charge is 0.186 e. The third-order valence-electron chi connectivity index (χ3n) is 1.91. The van der Waals surface area contributed by atoms with Crippen LogP contribution in [0, 0.1) is 6.92 Å². The largest absolute Gasteiger partial charge is 0.302 e.